The zero-order chi connectivity index (χ0) is 8.81. The largest absolute Gasteiger partial charge is 0.298 e. The van der Waals surface area contributed by atoms with Gasteiger partial charge in [0.2, 0.25) is 0 Å². The number of carbonyl (C=O) groups is 1. The highest BCUT2D eigenvalue weighted by Gasteiger charge is 1.94. The van der Waals surface area contributed by atoms with Crippen LogP contribution in [0.15, 0.2) is 24.5 Å². The molecule has 0 aliphatic rings. The molecule has 0 unspecified atom stereocenters. The van der Waals surface area contributed by atoms with Crippen molar-refractivity contribution in [1.29, 1.82) is 5.26 Å². The van der Waals surface area contributed by atoms with Gasteiger partial charge in [0.25, 0.3) is 0 Å². The van der Waals surface area contributed by atoms with Gasteiger partial charge < -0.3 is 0 Å². The Kier molecular flexibility index (Phi) is 2.74. The van der Waals surface area contributed by atoms with Crippen LogP contribution in [0.25, 0.3) is 6.08 Å². The first-order valence-corrected chi connectivity index (χ1v) is 3.34. The minimum absolute atomic E-state index is 0.538. The number of nitriles is 1. The van der Waals surface area contributed by atoms with Crippen molar-refractivity contribution in [3.8, 4) is 6.07 Å². The van der Waals surface area contributed by atoms with E-state index in [4.69, 9.17) is 5.26 Å². The molecule has 12 heavy (non-hydrogen) atoms. The summed E-state index contributed by atoms with van der Waals surface area (Å²) in [4.78, 5) is 14.3. The number of rotatable bonds is 2. The summed E-state index contributed by atoms with van der Waals surface area (Å²) in [5.74, 6) is 0. The SMILES string of the molecule is N#CC=Cc1cnccc1C=O. The van der Waals surface area contributed by atoms with Gasteiger partial charge in [-0.3, -0.25) is 9.78 Å². The Hall–Kier alpha value is -1.95. The van der Waals surface area contributed by atoms with Crippen molar-refractivity contribution in [1.82, 2.24) is 4.98 Å². The highest BCUT2D eigenvalue weighted by atomic mass is 16.1. The topological polar surface area (TPSA) is 53.8 Å². The van der Waals surface area contributed by atoms with Gasteiger partial charge in [-0.15, -0.1) is 0 Å². The second kappa shape index (κ2) is 4.04. The molecule has 1 rings (SSSR count). The predicted octanol–water partition coefficient (Wildman–Crippen LogP) is 1.43. The van der Waals surface area contributed by atoms with Gasteiger partial charge in [-0.1, -0.05) is 0 Å². The molecule has 0 N–H and O–H groups in total. The third-order valence-corrected chi connectivity index (χ3v) is 1.35. The number of hydrogen-bond acceptors (Lipinski definition) is 3. The van der Waals surface area contributed by atoms with Gasteiger partial charge in [-0.2, -0.15) is 5.26 Å². The average molecular weight is 158 g/mol. The smallest absolute Gasteiger partial charge is 0.150 e. The number of carbonyl (C=O) groups excluding carboxylic acids is 1. The van der Waals surface area contributed by atoms with Crippen LogP contribution >= 0.6 is 0 Å². The highest BCUT2D eigenvalue weighted by Crippen LogP contribution is 2.05. The summed E-state index contributed by atoms with van der Waals surface area (Å²) in [5.41, 5.74) is 1.20. The van der Waals surface area contributed by atoms with Crippen molar-refractivity contribution in [2.24, 2.45) is 0 Å². The summed E-state index contributed by atoms with van der Waals surface area (Å²) in [7, 11) is 0. The molecule has 0 aliphatic heterocycles. The molecule has 0 bridgehead atoms. The monoisotopic (exact) mass is 158 g/mol. The fourth-order valence-electron chi connectivity index (χ4n) is 0.791. The minimum atomic E-state index is 0.538. The van der Waals surface area contributed by atoms with E-state index in [0.29, 0.717) is 11.1 Å². The molecular formula is C9H6N2O. The molecule has 0 aliphatic carbocycles. The number of allylic oxidation sites excluding steroid dienone is 1. The maximum Gasteiger partial charge on any atom is 0.150 e. The quantitative estimate of drug-likeness (QED) is 0.483. The molecule has 0 radical (unpaired) electrons. The van der Waals surface area contributed by atoms with E-state index in [0.717, 1.165) is 6.29 Å². The van der Waals surface area contributed by atoms with Crippen LogP contribution in [0, 0.1) is 11.3 Å². The van der Waals surface area contributed by atoms with Crippen LogP contribution < -0.4 is 0 Å². The maximum atomic E-state index is 10.4. The first-order valence-electron chi connectivity index (χ1n) is 3.34. The molecule has 0 saturated carbocycles. The van der Waals surface area contributed by atoms with Crippen molar-refractivity contribution in [2.75, 3.05) is 0 Å². The van der Waals surface area contributed by atoms with Crippen LogP contribution in [0.2, 0.25) is 0 Å². The summed E-state index contributed by atoms with van der Waals surface area (Å²) >= 11 is 0. The van der Waals surface area contributed by atoms with Gasteiger partial charge in [0, 0.05) is 29.6 Å². The zero-order valence-corrected chi connectivity index (χ0v) is 6.27. The maximum absolute atomic E-state index is 10.4. The second-order valence-corrected chi connectivity index (χ2v) is 2.08. The van der Waals surface area contributed by atoms with E-state index >= 15 is 0 Å². The molecule has 0 amide bonds. The number of nitrogens with zero attached hydrogens (tertiary/aromatic N) is 2. The van der Waals surface area contributed by atoms with E-state index in [9.17, 15) is 4.79 Å². The molecule has 0 fully saturated rings. The van der Waals surface area contributed by atoms with E-state index in [-0.39, 0.29) is 0 Å². The van der Waals surface area contributed by atoms with Crippen molar-refractivity contribution in [3.05, 3.63) is 35.7 Å². The summed E-state index contributed by atoms with van der Waals surface area (Å²) in [6, 6.07) is 3.44. The Morgan fingerprint density at radius 2 is 2.33 bits per heavy atom. The van der Waals surface area contributed by atoms with Crippen LogP contribution in [-0.4, -0.2) is 11.3 Å². The van der Waals surface area contributed by atoms with Crippen molar-refractivity contribution in [3.63, 3.8) is 0 Å². The lowest BCUT2D eigenvalue weighted by molar-refractivity contribution is 0.112. The molecule has 1 aromatic rings. The lowest BCUT2D eigenvalue weighted by Crippen LogP contribution is -1.86. The Bertz CT molecular complexity index is 350. The lowest BCUT2D eigenvalue weighted by Gasteiger charge is -1.93. The van der Waals surface area contributed by atoms with Crippen molar-refractivity contribution >= 4 is 12.4 Å². The highest BCUT2D eigenvalue weighted by molar-refractivity contribution is 5.81. The number of pyridine rings is 1. The van der Waals surface area contributed by atoms with Crippen LogP contribution in [-0.2, 0) is 0 Å². The zero-order valence-electron chi connectivity index (χ0n) is 6.27. The number of aldehydes is 1. The standard InChI is InChI=1S/C9H6N2O/c10-4-1-2-8-6-11-5-3-9(8)7-12/h1-3,5-7H. The number of aromatic nitrogens is 1. The van der Waals surface area contributed by atoms with Gasteiger partial charge in [0.05, 0.1) is 6.07 Å². The lowest BCUT2D eigenvalue weighted by atomic mass is 10.1. The summed E-state index contributed by atoms with van der Waals surface area (Å²) in [6.45, 7) is 0. The van der Waals surface area contributed by atoms with Gasteiger partial charge in [0.1, 0.15) is 0 Å². The fraction of sp³-hybridized carbons (Fsp3) is 0. The third-order valence-electron chi connectivity index (χ3n) is 1.35. The van der Waals surface area contributed by atoms with E-state index < -0.39 is 0 Å². The fourth-order valence-corrected chi connectivity index (χ4v) is 0.791. The van der Waals surface area contributed by atoms with Gasteiger partial charge >= 0.3 is 0 Å². The van der Waals surface area contributed by atoms with E-state index in [1.165, 1.54) is 18.5 Å². The minimum Gasteiger partial charge on any atom is -0.298 e. The van der Waals surface area contributed by atoms with E-state index in [1.54, 1.807) is 12.1 Å². The molecular weight excluding hydrogens is 152 g/mol. The second-order valence-electron chi connectivity index (χ2n) is 2.08. The molecule has 0 saturated heterocycles. The summed E-state index contributed by atoms with van der Waals surface area (Å²) in [6.07, 6.45) is 6.67. The van der Waals surface area contributed by atoms with Crippen LogP contribution in [0.5, 0.6) is 0 Å². The average Bonchev–Trinajstić information content (AvgIpc) is 2.15. The first kappa shape index (κ1) is 8.15. The normalized spacial score (nSPS) is 9.58. The number of hydrogen-bond donors (Lipinski definition) is 0. The van der Waals surface area contributed by atoms with Gasteiger partial charge in [0.15, 0.2) is 6.29 Å². The van der Waals surface area contributed by atoms with Gasteiger partial charge in [-0.05, 0) is 12.1 Å². The Balaban J connectivity index is 3.07. The predicted molar refractivity (Wildman–Crippen MR) is 44.3 cm³/mol. The summed E-state index contributed by atoms with van der Waals surface area (Å²) < 4.78 is 0. The Morgan fingerprint density at radius 3 is 3.00 bits per heavy atom. The molecule has 0 atom stereocenters. The molecule has 3 nitrogen and oxygen atoms in total. The van der Waals surface area contributed by atoms with Gasteiger partial charge in [-0.25, -0.2) is 0 Å². The third kappa shape index (κ3) is 1.77. The Labute approximate surface area is 70.0 Å². The molecule has 0 spiro atoms. The Morgan fingerprint density at radius 1 is 1.50 bits per heavy atom. The molecule has 3 heteroatoms. The molecule has 0 aromatic carbocycles. The summed E-state index contributed by atoms with van der Waals surface area (Å²) in [5, 5.41) is 8.25. The molecule has 1 heterocycles. The van der Waals surface area contributed by atoms with E-state index in [2.05, 4.69) is 4.98 Å². The van der Waals surface area contributed by atoms with Crippen LogP contribution in [0.3, 0.4) is 0 Å². The molecule has 58 valence electrons. The van der Waals surface area contributed by atoms with E-state index in [1.807, 2.05) is 6.07 Å². The van der Waals surface area contributed by atoms with Crippen LogP contribution in [0.4, 0.5) is 0 Å². The van der Waals surface area contributed by atoms with Crippen molar-refractivity contribution in [2.45, 2.75) is 0 Å². The first-order chi connectivity index (χ1) is 5.88. The molecule has 1 aromatic heterocycles. The van der Waals surface area contributed by atoms with Crippen LogP contribution in [0.1, 0.15) is 15.9 Å². The van der Waals surface area contributed by atoms with Crippen molar-refractivity contribution < 1.29 is 4.79 Å².